The molecule has 0 bridgehead atoms. The minimum Gasteiger partial charge on any atom is -0.337 e. The number of piperidine rings is 1. The molecule has 1 aliphatic rings. The maximum atomic E-state index is 13.0. The fourth-order valence-electron chi connectivity index (χ4n) is 3.26. The van der Waals surface area contributed by atoms with Gasteiger partial charge in [-0.2, -0.15) is 5.10 Å². The molecule has 1 fully saturated rings. The summed E-state index contributed by atoms with van der Waals surface area (Å²) in [5.41, 5.74) is 8.15. The zero-order valence-corrected chi connectivity index (χ0v) is 17.1. The Morgan fingerprint density at radius 3 is 2.62 bits per heavy atom. The third kappa shape index (κ3) is 3.87. The van der Waals surface area contributed by atoms with Gasteiger partial charge < -0.3 is 10.6 Å². The van der Waals surface area contributed by atoms with Crippen LogP contribution in [0.15, 0.2) is 18.2 Å². The van der Waals surface area contributed by atoms with Crippen LogP contribution in [-0.4, -0.2) is 44.7 Å². The average molecular weight is 398 g/mol. The summed E-state index contributed by atoms with van der Waals surface area (Å²) in [6.45, 7) is 9.24. The Morgan fingerprint density at radius 2 is 2.04 bits per heavy atom. The molecule has 0 spiro atoms. The summed E-state index contributed by atoms with van der Waals surface area (Å²) >= 11 is 6.28. The molecule has 1 unspecified atom stereocenters. The minimum atomic E-state index is -0.159. The number of amides is 1. The first-order chi connectivity index (χ1) is 11.7. The quantitative estimate of drug-likeness (QED) is 0.843. The van der Waals surface area contributed by atoms with Crippen molar-refractivity contribution in [2.24, 2.45) is 11.1 Å². The smallest absolute Gasteiger partial charge is 0.274 e. The second-order valence-corrected chi connectivity index (χ2v) is 7.86. The molecule has 3 heterocycles. The Bertz CT molecular complexity index is 818. The van der Waals surface area contributed by atoms with Gasteiger partial charge in [0.05, 0.1) is 10.7 Å². The summed E-state index contributed by atoms with van der Waals surface area (Å²) in [7, 11) is 0. The first-order valence-electron chi connectivity index (χ1n) is 8.44. The van der Waals surface area contributed by atoms with Gasteiger partial charge in [0.25, 0.3) is 5.91 Å². The number of rotatable bonds is 2. The predicted octanol–water partition coefficient (Wildman–Crippen LogP) is 3.16. The maximum Gasteiger partial charge on any atom is 0.274 e. The summed E-state index contributed by atoms with van der Waals surface area (Å²) in [4.78, 5) is 19.3. The van der Waals surface area contributed by atoms with Crippen molar-refractivity contribution in [1.29, 1.82) is 0 Å². The molecule has 0 aliphatic carbocycles. The van der Waals surface area contributed by atoms with E-state index in [1.165, 1.54) is 0 Å². The highest BCUT2D eigenvalue weighted by molar-refractivity contribution is 6.33. The van der Waals surface area contributed by atoms with Crippen LogP contribution in [0.5, 0.6) is 0 Å². The highest BCUT2D eigenvalue weighted by atomic mass is 35.5. The molecule has 6 nitrogen and oxygen atoms in total. The van der Waals surface area contributed by atoms with Crippen molar-refractivity contribution in [3.8, 4) is 5.82 Å². The SMILES string of the molecule is Cc1cc(C)n(-c2ccc(Cl)c(C(=O)N3CCC(N)C(C)(C)C3)n2)n1.Cl. The monoisotopic (exact) mass is 397 g/mol. The molecule has 1 amide bonds. The number of pyridine rings is 1. The molecule has 2 aromatic rings. The van der Waals surface area contributed by atoms with Crippen LogP contribution in [0.1, 0.15) is 42.1 Å². The van der Waals surface area contributed by atoms with Crippen molar-refractivity contribution in [3.63, 3.8) is 0 Å². The van der Waals surface area contributed by atoms with Gasteiger partial charge in [-0.05, 0) is 43.9 Å². The number of halogens is 2. The lowest BCUT2D eigenvalue weighted by molar-refractivity contribution is 0.0527. The Hall–Kier alpha value is -1.63. The van der Waals surface area contributed by atoms with E-state index in [9.17, 15) is 4.79 Å². The van der Waals surface area contributed by atoms with E-state index in [4.69, 9.17) is 17.3 Å². The average Bonchev–Trinajstić information content (AvgIpc) is 2.88. The standard InChI is InChI=1S/C18H24ClN5O.ClH/c1-11-9-12(2)24(22-11)15-6-5-13(19)16(21-15)17(25)23-8-7-14(20)18(3,4)10-23;/h5-6,9,14H,7-8,10,20H2,1-4H3;1H. The summed E-state index contributed by atoms with van der Waals surface area (Å²) in [6, 6.07) is 5.52. The van der Waals surface area contributed by atoms with Crippen LogP contribution in [0.2, 0.25) is 5.02 Å². The second-order valence-electron chi connectivity index (χ2n) is 7.45. The van der Waals surface area contributed by atoms with E-state index in [0.29, 0.717) is 23.9 Å². The molecule has 3 rings (SSSR count). The topological polar surface area (TPSA) is 77.0 Å². The molecule has 142 valence electrons. The van der Waals surface area contributed by atoms with E-state index in [2.05, 4.69) is 23.9 Å². The number of aryl methyl sites for hydroxylation is 2. The molecule has 8 heteroatoms. The molecule has 1 aliphatic heterocycles. The second kappa shape index (κ2) is 7.55. The minimum absolute atomic E-state index is 0. The molecule has 1 saturated heterocycles. The third-order valence-electron chi connectivity index (χ3n) is 4.86. The molecule has 0 radical (unpaired) electrons. The van der Waals surface area contributed by atoms with Gasteiger partial charge in [0.1, 0.15) is 5.69 Å². The Kier molecular flexibility index (Phi) is 6.00. The Morgan fingerprint density at radius 1 is 1.35 bits per heavy atom. The number of carbonyl (C=O) groups is 1. The van der Waals surface area contributed by atoms with Gasteiger partial charge in [-0.25, -0.2) is 9.67 Å². The molecule has 2 aromatic heterocycles. The number of aromatic nitrogens is 3. The van der Waals surface area contributed by atoms with Crippen molar-refractivity contribution < 1.29 is 4.79 Å². The van der Waals surface area contributed by atoms with E-state index in [0.717, 1.165) is 17.8 Å². The van der Waals surface area contributed by atoms with Gasteiger partial charge in [0.15, 0.2) is 5.82 Å². The van der Waals surface area contributed by atoms with Crippen LogP contribution < -0.4 is 5.73 Å². The van der Waals surface area contributed by atoms with Gasteiger partial charge in [0.2, 0.25) is 0 Å². The predicted molar refractivity (Wildman–Crippen MR) is 105 cm³/mol. The van der Waals surface area contributed by atoms with Crippen molar-refractivity contribution >= 4 is 29.9 Å². The van der Waals surface area contributed by atoms with Crippen LogP contribution >= 0.6 is 24.0 Å². The van der Waals surface area contributed by atoms with Gasteiger partial charge in [0, 0.05) is 24.8 Å². The molecule has 1 atom stereocenters. The summed E-state index contributed by atoms with van der Waals surface area (Å²) in [5.74, 6) is 0.430. The van der Waals surface area contributed by atoms with E-state index < -0.39 is 0 Å². The molecule has 26 heavy (non-hydrogen) atoms. The van der Waals surface area contributed by atoms with Crippen LogP contribution in [-0.2, 0) is 0 Å². The number of nitrogens with two attached hydrogens (primary N) is 1. The molecular formula is C18H25Cl2N5O. The zero-order valence-electron chi connectivity index (χ0n) is 15.5. The largest absolute Gasteiger partial charge is 0.337 e. The van der Waals surface area contributed by atoms with E-state index in [1.807, 2.05) is 19.9 Å². The lowest BCUT2D eigenvalue weighted by Crippen LogP contribution is -2.54. The lowest BCUT2D eigenvalue weighted by atomic mass is 9.79. The summed E-state index contributed by atoms with van der Waals surface area (Å²) in [6.07, 6.45) is 0.771. The van der Waals surface area contributed by atoms with Crippen molar-refractivity contribution in [2.75, 3.05) is 13.1 Å². The van der Waals surface area contributed by atoms with Crippen molar-refractivity contribution in [1.82, 2.24) is 19.7 Å². The van der Waals surface area contributed by atoms with Gasteiger partial charge in [-0.3, -0.25) is 4.79 Å². The van der Waals surface area contributed by atoms with Crippen molar-refractivity contribution in [3.05, 3.63) is 40.3 Å². The van der Waals surface area contributed by atoms with Crippen LogP contribution in [0, 0.1) is 19.3 Å². The first-order valence-corrected chi connectivity index (χ1v) is 8.82. The highest BCUT2D eigenvalue weighted by Gasteiger charge is 2.36. The summed E-state index contributed by atoms with van der Waals surface area (Å²) < 4.78 is 1.72. The summed E-state index contributed by atoms with van der Waals surface area (Å²) in [5, 5.41) is 4.78. The van der Waals surface area contributed by atoms with E-state index in [-0.39, 0.29) is 35.5 Å². The maximum absolute atomic E-state index is 13.0. The zero-order chi connectivity index (χ0) is 18.4. The van der Waals surface area contributed by atoms with E-state index in [1.54, 1.807) is 21.7 Å². The number of likely N-dealkylation sites (tertiary alicyclic amines) is 1. The fourth-order valence-corrected chi connectivity index (χ4v) is 3.44. The van der Waals surface area contributed by atoms with E-state index >= 15 is 0 Å². The highest BCUT2D eigenvalue weighted by Crippen LogP contribution is 2.29. The lowest BCUT2D eigenvalue weighted by Gasteiger charge is -2.42. The van der Waals surface area contributed by atoms with Gasteiger partial charge in [-0.15, -0.1) is 12.4 Å². The fraction of sp³-hybridized carbons (Fsp3) is 0.500. The number of nitrogens with zero attached hydrogens (tertiary/aromatic N) is 4. The Balaban J connectivity index is 0.00000243. The molecule has 2 N–H and O–H groups in total. The van der Waals surface area contributed by atoms with Gasteiger partial charge in [-0.1, -0.05) is 25.4 Å². The van der Waals surface area contributed by atoms with Crippen LogP contribution in [0.3, 0.4) is 0 Å². The van der Waals surface area contributed by atoms with Crippen LogP contribution in [0.25, 0.3) is 5.82 Å². The van der Waals surface area contributed by atoms with Crippen molar-refractivity contribution in [2.45, 2.75) is 40.2 Å². The first kappa shape index (κ1) is 20.7. The Labute approximate surface area is 165 Å². The molecular weight excluding hydrogens is 373 g/mol. The molecule has 0 saturated carbocycles. The number of hydrogen-bond acceptors (Lipinski definition) is 4. The van der Waals surface area contributed by atoms with Crippen LogP contribution in [0.4, 0.5) is 0 Å². The number of hydrogen-bond donors (Lipinski definition) is 1. The number of carbonyl (C=O) groups excluding carboxylic acids is 1. The van der Waals surface area contributed by atoms with Gasteiger partial charge >= 0.3 is 0 Å². The third-order valence-corrected chi connectivity index (χ3v) is 5.16. The molecule has 0 aromatic carbocycles. The normalized spacial score (nSPS) is 19.2.